The Kier molecular flexibility index (Phi) is 5.62. The van der Waals surface area contributed by atoms with E-state index in [9.17, 15) is 9.59 Å². The maximum absolute atomic E-state index is 10.7. The van der Waals surface area contributed by atoms with Crippen molar-refractivity contribution >= 4 is 12.1 Å². The van der Waals surface area contributed by atoms with E-state index in [1.165, 1.54) is 7.11 Å². The molecule has 0 aromatic carbocycles. The molecule has 0 radical (unpaired) electrons. The van der Waals surface area contributed by atoms with Gasteiger partial charge in [-0.2, -0.15) is 0 Å². The van der Waals surface area contributed by atoms with Gasteiger partial charge in [-0.3, -0.25) is 0 Å². The first-order valence-corrected chi connectivity index (χ1v) is 3.89. The molecule has 0 heterocycles. The highest BCUT2D eigenvalue weighted by Gasteiger charge is 2.18. The van der Waals surface area contributed by atoms with E-state index in [1.54, 1.807) is 0 Å². The number of carboxylic acid groups (broad SMARTS) is 1. The van der Waals surface area contributed by atoms with E-state index in [2.05, 4.69) is 10.1 Å². The molecule has 0 aromatic heterocycles. The van der Waals surface area contributed by atoms with Crippen LogP contribution in [0.5, 0.6) is 0 Å². The van der Waals surface area contributed by atoms with Gasteiger partial charge < -0.3 is 20.9 Å². The number of hydrogen-bond donors (Lipinski definition) is 3. The van der Waals surface area contributed by atoms with Crippen molar-refractivity contribution in [1.29, 1.82) is 0 Å². The Hall–Kier alpha value is -1.30. The lowest BCUT2D eigenvalue weighted by Gasteiger charge is -2.12. The summed E-state index contributed by atoms with van der Waals surface area (Å²) in [6.07, 6.45) is 0.103. The van der Waals surface area contributed by atoms with Crippen LogP contribution in [0.15, 0.2) is 0 Å². The van der Waals surface area contributed by atoms with Crippen LogP contribution in [0.25, 0.3) is 0 Å². The lowest BCUT2D eigenvalue weighted by atomic mass is 10.1. The molecule has 1 atom stereocenters. The Morgan fingerprint density at radius 3 is 2.62 bits per heavy atom. The summed E-state index contributed by atoms with van der Waals surface area (Å²) in [5, 5.41) is 10.8. The third-order valence-electron chi connectivity index (χ3n) is 1.47. The smallest absolute Gasteiger partial charge is 0.407 e. The molecule has 0 aliphatic rings. The van der Waals surface area contributed by atoms with Crippen LogP contribution in [0.2, 0.25) is 0 Å². The quantitative estimate of drug-likeness (QED) is 0.544. The van der Waals surface area contributed by atoms with E-state index in [0.717, 1.165) is 0 Å². The molecule has 6 nitrogen and oxygen atoms in total. The predicted octanol–water partition coefficient (Wildman–Crippen LogP) is -0.465. The van der Waals surface area contributed by atoms with Gasteiger partial charge in [-0.25, -0.2) is 9.59 Å². The van der Waals surface area contributed by atoms with Crippen LogP contribution < -0.4 is 11.1 Å². The molecule has 0 spiro atoms. The number of amides is 1. The van der Waals surface area contributed by atoms with Gasteiger partial charge in [0.15, 0.2) is 0 Å². The maximum atomic E-state index is 10.7. The number of nitrogens with one attached hydrogen (secondary N) is 1. The standard InChI is InChI=1S/C7H14N2O4/c1-13-7(12)9-5(6(10)11)3-2-4-8/h5H,2-4,8H2,1H3,(H,9,12)(H,10,11)/t5-/m1/s1. The number of hydrogen-bond acceptors (Lipinski definition) is 4. The number of aliphatic carboxylic acids is 1. The van der Waals surface area contributed by atoms with Crippen LogP contribution in [0.4, 0.5) is 4.79 Å². The number of carbonyl (C=O) groups is 2. The summed E-state index contributed by atoms with van der Waals surface area (Å²) in [6.45, 7) is 0.395. The molecule has 0 aliphatic heterocycles. The van der Waals surface area contributed by atoms with Crippen molar-refractivity contribution in [3.63, 3.8) is 0 Å². The van der Waals surface area contributed by atoms with E-state index < -0.39 is 18.1 Å². The van der Waals surface area contributed by atoms with Crippen molar-refractivity contribution in [2.24, 2.45) is 5.73 Å². The van der Waals surface area contributed by atoms with Crippen molar-refractivity contribution in [3.8, 4) is 0 Å². The molecular weight excluding hydrogens is 176 g/mol. The fourth-order valence-electron chi connectivity index (χ4n) is 0.781. The Labute approximate surface area is 76.0 Å². The largest absolute Gasteiger partial charge is 0.480 e. The molecule has 0 rings (SSSR count). The minimum absolute atomic E-state index is 0.306. The second-order valence-corrected chi connectivity index (χ2v) is 2.46. The van der Waals surface area contributed by atoms with Crippen molar-refractivity contribution < 1.29 is 19.4 Å². The van der Waals surface area contributed by atoms with Crippen LogP contribution in [-0.2, 0) is 9.53 Å². The molecule has 76 valence electrons. The third-order valence-corrected chi connectivity index (χ3v) is 1.47. The van der Waals surface area contributed by atoms with Gasteiger partial charge in [0.25, 0.3) is 0 Å². The van der Waals surface area contributed by atoms with Crippen LogP contribution in [0.1, 0.15) is 12.8 Å². The summed E-state index contributed by atoms with van der Waals surface area (Å²) >= 11 is 0. The molecule has 4 N–H and O–H groups in total. The van der Waals surface area contributed by atoms with Gasteiger partial charge in [-0.1, -0.05) is 0 Å². The molecule has 0 unspecified atom stereocenters. The molecule has 0 saturated carbocycles. The summed E-state index contributed by atoms with van der Waals surface area (Å²) in [5.41, 5.74) is 5.20. The Morgan fingerprint density at radius 1 is 1.62 bits per heavy atom. The second-order valence-electron chi connectivity index (χ2n) is 2.46. The van der Waals surface area contributed by atoms with Gasteiger partial charge in [0.2, 0.25) is 0 Å². The summed E-state index contributed by atoms with van der Waals surface area (Å²) in [4.78, 5) is 21.2. The summed E-state index contributed by atoms with van der Waals surface area (Å²) in [7, 11) is 1.18. The normalized spacial score (nSPS) is 11.8. The minimum Gasteiger partial charge on any atom is -0.480 e. The Morgan fingerprint density at radius 2 is 2.23 bits per heavy atom. The zero-order chi connectivity index (χ0) is 10.3. The zero-order valence-corrected chi connectivity index (χ0v) is 7.45. The van der Waals surface area contributed by atoms with Gasteiger partial charge in [-0.15, -0.1) is 0 Å². The molecular formula is C7H14N2O4. The number of rotatable bonds is 5. The average molecular weight is 190 g/mol. The highest BCUT2D eigenvalue weighted by molar-refractivity contribution is 5.79. The average Bonchev–Trinajstić information content (AvgIpc) is 2.11. The van der Waals surface area contributed by atoms with Crippen LogP contribution >= 0.6 is 0 Å². The first-order chi connectivity index (χ1) is 6.11. The molecule has 0 saturated heterocycles. The molecule has 0 fully saturated rings. The second kappa shape index (κ2) is 6.24. The number of carbonyl (C=O) groups excluding carboxylic acids is 1. The molecule has 0 bridgehead atoms. The summed E-state index contributed by atoms with van der Waals surface area (Å²) in [5.74, 6) is -1.08. The number of alkyl carbamates (subject to hydrolysis) is 1. The first-order valence-electron chi connectivity index (χ1n) is 3.89. The monoisotopic (exact) mass is 190 g/mol. The van der Waals surface area contributed by atoms with E-state index in [-0.39, 0.29) is 0 Å². The van der Waals surface area contributed by atoms with E-state index in [1.807, 2.05) is 0 Å². The summed E-state index contributed by atoms with van der Waals surface area (Å²) in [6, 6.07) is -0.920. The van der Waals surface area contributed by atoms with Crippen LogP contribution in [0.3, 0.4) is 0 Å². The molecule has 0 aromatic rings. The lowest BCUT2D eigenvalue weighted by Crippen LogP contribution is -2.40. The maximum Gasteiger partial charge on any atom is 0.407 e. The minimum atomic E-state index is -1.08. The fourth-order valence-corrected chi connectivity index (χ4v) is 0.781. The van der Waals surface area contributed by atoms with Crippen LogP contribution in [-0.4, -0.2) is 36.9 Å². The van der Waals surface area contributed by atoms with Gasteiger partial charge in [0, 0.05) is 0 Å². The first kappa shape index (κ1) is 11.7. The zero-order valence-electron chi connectivity index (χ0n) is 7.45. The molecule has 13 heavy (non-hydrogen) atoms. The third kappa shape index (κ3) is 5.02. The molecule has 1 amide bonds. The van der Waals surface area contributed by atoms with Gasteiger partial charge in [0.1, 0.15) is 6.04 Å². The number of carboxylic acids is 1. The highest BCUT2D eigenvalue weighted by Crippen LogP contribution is 1.96. The fraction of sp³-hybridized carbons (Fsp3) is 0.714. The SMILES string of the molecule is COC(=O)N[C@H](CCCN)C(=O)O. The Balaban J connectivity index is 3.94. The van der Waals surface area contributed by atoms with E-state index in [4.69, 9.17) is 10.8 Å². The summed E-state index contributed by atoms with van der Waals surface area (Å²) < 4.78 is 4.27. The number of nitrogens with two attached hydrogens (primary N) is 1. The van der Waals surface area contributed by atoms with Crippen molar-refractivity contribution in [3.05, 3.63) is 0 Å². The van der Waals surface area contributed by atoms with Gasteiger partial charge in [-0.05, 0) is 19.4 Å². The topological polar surface area (TPSA) is 102 Å². The van der Waals surface area contributed by atoms with Crippen molar-refractivity contribution in [2.75, 3.05) is 13.7 Å². The lowest BCUT2D eigenvalue weighted by molar-refractivity contribution is -0.139. The molecule has 0 aliphatic carbocycles. The number of ether oxygens (including phenoxy) is 1. The Bertz CT molecular complexity index is 183. The highest BCUT2D eigenvalue weighted by atomic mass is 16.5. The number of methoxy groups -OCH3 is 1. The van der Waals surface area contributed by atoms with Gasteiger partial charge in [0.05, 0.1) is 7.11 Å². The van der Waals surface area contributed by atoms with E-state index in [0.29, 0.717) is 19.4 Å². The van der Waals surface area contributed by atoms with Gasteiger partial charge >= 0.3 is 12.1 Å². The predicted molar refractivity (Wildman–Crippen MR) is 45.3 cm³/mol. The van der Waals surface area contributed by atoms with Crippen molar-refractivity contribution in [2.45, 2.75) is 18.9 Å². The van der Waals surface area contributed by atoms with Crippen LogP contribution in [0, 0.1) is 0 Å². The van der Waals surface area contributed by atoms with Crippen molar-refractivity contribution in [1.82, 2.24) is 5.32 Å². The molecule has 6 heteroatoms. The van der Waals surface area contributed by atoms with E-state index >= 15 is 0 Å².